The monoisotopic (exact) mass is 571 g/mol. The number of allylic oxidation sites excluding steroid dienone is 1. The van der Waals surface area contributed by atoms with Crippen molar-refractivity contribution >= 4 is 23.3 Å². The van der Waals surface area contributed by atoms with E-state index in [9.17, 15) is 24.8 Å². The summed E-state index contributed by atoms with van der Waals surface area (Å²) in [6, 6.07) is 22.1. The molecule has 0 aromatic heterocycles. The molecule has 0 saturated heterocycles. The number of phenolic OH excluding ortho intramolecular Hbond substituents is 1. The molecule has 0 spiro atoms. The van der Waals surface area contributed by atoms with Crippen LogP contribution in [0.5, 0.6) is 5.75 Å². The van der Waals surface area contributed by atoms with Crippen LogP contribution in [-0.2, 0) is 25.6 Å². The van der Waals surface area contributed by atoms with Crippen LogP contribution >= 0.6 is 0 Å². The highest BCUT2D eigenvalue weighted by molar-refractivity contribution is 6.07. The maximum Gasteiger partial charge on any atom is 0.337 e. The Bertz CT molecular complexity index is 1520. The number of hydrogen-bond acceptors (Lipinski definition) is 9. The number of nitro benzene ring substituents is 1. The lowest BCUT2D eigenvalue weighted by molar-refractivity contribution is -0.384. The molecule has 0 saturated carbocycles. The Morgan fingerprint density at radius 1 is 1.05 bits per heavy atom. The van der Waals surface area contributed by atoms with Crippen LogP contribution in [0.2, 0.25) is 0 Å². The number of phenols is 1. The van der Waals surface area contributed by atoms with Crippen molar-refractivity contribution < 1.29 is 29.1 Å². The summed E-state index contributed by atoms with van der Waals surface area (Å²) in [7, 11) is 3.15. The number of benzene rings is 3. The third-order valence-electron chi connectivity index (χ3n) is 7.23. The van der Waals surface area contributed by atoms with E-state index in [-0.39, 0.29) is 17.0 Å². The molecule has 3 aromatic carbocycles. The van der Waals surface area contributed by atoms with Crippen LogP contribution in [0.25, 0.3) is 0 Å². The molecule has 4 rings (SSSR count). The molecule has 1 heterocycles. The fourth-order valence-electron chi connectivity index (χ4n) is 5.26. The third kappa shape index (κ3) is 6.90. The molecule has 3 aromatic rings. The molecular formula is C32H33N3O7. The first kappa shape index (κ1) is 30.1. The van der Waals surface area contributed by atoms with Crippen molar-refractivity contribution in [2.24, 2.45) is 10.9 Å². The molecule has 1 aliphatic rings. The van der Waals surface area contributed by atoms with Crippen LogP contribution in [0.1, 0.15) is 42.6 Å². The van der Waals surface area contributed by atoms with Gasteiger partial charge >= 0.3 is 11.9 Å². The predicted molar refractivity (Wildman–Crippen MR) is 157 cm³/mol. The molecular weight excluding hydrogens is 538 g/mol. The third-order valence-corrected chi connectivity index (χ3v) is 7.23. The van der Waals surface area contributed by atoms with Gasteiger partial charge in [-0.1, -0.05) is 54.6 Å². The van der Waals surface area contributed by atoms with Crippen LogP contribution in [0.15, 0.2) is 95.1 Å². The van der Waals surface area contributed by atoms with E-state index in [0.29, 0.717) is 35.6 Å². The summed E-state index contributed by atoms with van der Waals surface area (Å²) >= 11 is 0. The summed E-state index contributed by atoms with van der Waals surface area (Å²) in [5.74, 6) is -3.17. The van der Waals surface area contributed by atoms with Gasteiger partial charge in [-0.2, -0.15) is 0 Å². The first-order valence-electron chi connectivity index (χ1n) is 13.4. The number of esters is 2. The molecule has 0 radical (unpaired) electrons. The number of aliphatic imine (C=N–C) groups is 1. The normalized spacial score (nSPS) is 17.4. The summed E-state index contributed by atoms with van der Waals surface area (Å²) in [5, 5.41) is 21.4. The van der Waals surface area contributed by atoms with Gasteiger partial charge in [-0.3, -0.25) is 24.8 Å². The summed E-state index contributed by atoms with van der Waals surface area (Å²) in [6.07, 6.45) is -0.749. The highest BCUT2D eigenvalue weighted by Gasteiger charge is 2.43. The van der Waals surface area contributed by atoms with E-state index in [1.807, 2.05) is 42.3 Å². The lowest BCUT2D eigenvalue weighted by atomic mass is 9.75. The minimum atomic E-state index is -0.990. The number of carbonyl (C=O) groups is 2. The SMILES string of the molecule is COC(=O)C1C(C)=NC(C)=C(C(=O)OC(CN(C)Cc2ccccc2)c2ccc(O)cc2)C1c1cccc([N+](=O)[O-])c1. The number of hydrogen-bond donors (Lipinski definition) is 1. The summed E-state index contributed by atoms with van der Waals surface area (Å²) in [4.78, 5) is 44.6. The van der Waals surface area contributed by atoms with Crippen LogP contribution in [0.3, 0.4) is 0 Å². The number of non-ortho nitro benzene ring substituents is 1. The van der Waals surface area contributed by atoms with Gasteiger partial charge in [0.15, 0.2) is 0 Å². The van der Waals surface area contributed by atoms with Gasteiger partial charge in [0.25, 0.3) is 5.69 Å². The second-order valence-electron chi connectivity index (χ2n) is 10.3. The smallest absolute Gasteiger partial charge is 0.337 e. The van der Waals surface area contributed by atoms with Gasteiger partial charge in [0.2, 0.25) is 0 Å². The highest BCUT2D eigenvalue weighted by Crippen LogP contribution is 2.41. The number of nitro groups is 1. The Morgan fingerprint density at radius 2 is 1.74 bits per heavy atom. The maximum absolute atomic E-state index is 14.1. The van der Waals surface area contributed by atoms with Crippen molar-refractivity contribution in [3.05, 3.63) is 117 Å². The molecule has 10 nitrogen and oxygen atoms in total. The molecule has 0 fully saturated rings. The Morgan fingerprint density at radius 3 is 2.38 bits per heavy atom. The van der Waals surface area contributed by atoms with Crippen molar-refractivity contribution in [1.29, 1.82) is 0 Å². The Kier molecular flexibility index (Phi) is 9.49. The van der Waals surface area contributed by atoms with Gasteiger partial charge in [-0.25, -0.2) is 4.79 Å². The fraction of sp³-hybridized carbons (Fsp3) is 0.281. The lowest BCUT2D eigenvalue weighted by Crippen LogP contribution is -2.37. The van der Waals surface area contributed by atoms with E-state index in [1.54, 1.807) is 32.0 Å². The summed E-state index contributed by atoms with van der Waals surface area (Å²) < 4.78 is 11.2. The topological polar surface area (TPSA) is 132 Å². The fourth-order valence-corrected chi connectivity index (χ4v) is 5.26. The number of nitrogens with zero attached hydrogens (tertiary/aromatic N) is 3. The van der Waals surface area contributed by atoms with Crippen molar-refractivity contribution in [2.75, 3.05) is 20.7 Å². The van der Waals surface area contributed by atoms with Gasteiger partial charge in [0.1, 0.15) is 17.8 Å². The Labute approximate surface area is 244 Å². The molecule has 0 aliphatic carbocycles. The van der Waals surface area contributed by atoms with E-state index in [1.165, 1.54) is 37.4 Å². The maximum atomic E-state index is 14.1. The summed E-state index contributed by atoms with van der Waals surface area (Å²) in [6.45, 7) is 4.23. The zero-order chi connectivity index (χ0) is 30.4. The minimum absolute atomic E-state index is 0.0729. The minimum Gasteiger partial charge on any atom is -0.508 e. The number of aromatic hydroxyl groups is 1. The van der Waals surface area contributed by atoms with E-state index in [0.717, 1.165) is 5.56 Å². The first-order chi connectivity index (χ1) is 20.1. The van der Waals surface area contributed by atoms with Crippen molar-refractivity contribution in [3.63, 3.8) is 0 Å². The molecule has 10 heteroatoms. The van der Waals surface area contributed by atoms with Crippen LogP contribution in [0, 0.1) is 16.0 Å². The highest BCUT2D eigenvalue weighted by atomic mass is 16.6. The first-order valence-corrected chi connectivity index (χ1v) is 13.4. The van der Waals surface area contributed by atoms with Crippen molar-refractivity contribution in [1.82, 2.24) is 4.90 Å². The Balaban J connectivity index is 1.73. The molecule has 1 aliphatic heterocycles. The van der Waals surface area contributed by atoms with Gasteiger partial charge in [0, 0.05) is 42.5 Å². The lowest BCUT2D eigenvalue weighted by Gasteiger charge is -2.32. The van der Waals surface area contributed by atoms with E-state index in [4.69, 9.17) is 9.47 Å². The number of methoxy groups -OCH3 is 1. The number of likely N-dealkylation sites (N-methyl/N-ethyl adjacent to an activating group) is 1. The average molecular weight is 572 g/mol. The predicted octanol–water partition coefficient (Wildman–Crippen LogP) is 5.34. The second kappa shape index (κ2) is 13.2. The number of rotatable bonds is 10. The van der Waals surface area contributed by atoms with Crippen LogP contribution < -0.4 is 0 Å². The van der Waals surface area contributed by atoms with Crippen LogP contribution in [-0.4, -0.2) is 53.3 Å². The molecule has 3 atom stereocenters. The quantitative estimate of drug-likeness (QED) is 0.196. The van der Waals surface area contributed by atoms with Crippen molar-refractivity contribution in [2.45, 2.75) is 32.4 Å². The Hall–Kier alpha value is -4.83. The molecule has 218 valence electrons. The molecule has 3 unspecified atom stereocenters. The van der Waals surface area contributed by atoms with Gasteiger partial charge < -0.3 is 14.6 Å². The van der Waals surface area contributed by atoms with Crippen molar-refractivity contribution in [3.8, 4) is 5.75 Å². The second-order valence-corrected chi connectivity index (χ2v) is 10.3. The van der Waals surface area contributed by atoms with Crippen LogP contribution in [0.4, 0.5) is 5.69 Å². The van der Waals surface area contributed by atoms with E-state index in [2.05, 4.69) is 4.99 Å². The van der Waals surface area contributed by atoms with Gasteiger partial charge in [0.05, 0.1) is 17.6 Å². The largest absolute Gasteiger partial charge is 0.508 e. The summed E-state index contributed by atoms with van der Waals surface area (Å²) in [5.41, 5.74) is 2.84. The standard InChI is InChI=1S/C32H33N3O7/c1-20-28(31(37)41-4)30(24-11-8-12-25(17-24)35(39)40)29(21(2)33-20)32(38)42-27(23-13-15-26(36)16-14-23)19-34(3)18-22-9-6-5-7-10-22/h5-17,27-28,30,36H,18-19H2,1-4H3. The van der Waals surface area contributed by atoms with E-state index >= 15 is 0 Å². The molecule has 42 heavy (non-hydrogen) atoms. The van der Waals surface area contributed by atoms with Gasteiger partial charge in [-0.05, 0) is 49.7 Å². The molecule has 1 N–H and O–H groups in total. The zero-order valence-corrected chi connectivity index (χ0v) is 23.9. The number of ether oxygens (including phenoxy) is 2. The van der Waals surface area contributed by atoms with Gasteiger partial charge in [-0.15, -0.1) is 0 Å². The number of carbonyl (C=O) groups excluding carboxylic acids is 2. The molecule has 0 amide bonds. The zero-order valence-electron chi connectivity index (χ0n) is 23.9. The average Bonchev–Trinajstić information content (AvgIpc) is 2.97. The van der Waals surface area contributed by atoms with E-state index < -0.39 is 34.8 Å². The molecule has 0 bridgehead atoms.